The predicted molar refractivity (Wildman–Crippen MR) is 98.5 cm³/mol. The van der Waals surface area contributed by atoms with Crippen LogP contribution in [-0.2, 0) is 0 Å². The number of anilines is 1. The number of hydrogen-bond acceptors (Lipinski definition) is 7. The van der Waals surface area contributed by atoms with Crippen LogP contribution in [0.3, 0.4) is 0 Å². The highest BCUT2D eigenvalue weighted by molar-refractivity contribution is 6.04. The average Bonchev–Trinajstić information content (AvgIpc) is 3.40. The maximum absolute atomic E-state index is 12.4. The molecule has 9 heteroatoms. The summed E-state index contributed by atoms with van der Waals surface area (Å²) in [6.45, 7) is 0. The number of nitro groups is 1. The summed E-state index contributed by atoms with van der Waals surface area (Å²) in [4.78, 5) is 22.7. The Morgan fingerprint density at radius 2 is 1.82 bits per heavy atom. The van der Waals surface area contributed by atoms with E-state index in [2.05, 4.69) is 15.5 Å². The van der Waals surface area contributed by atoms with E-state index in [1.54, 1.807) is 36.4 Å². The van der Waals surface area contributed by atoms with Crippen molar-refractivity contribution in [2.24, 2.45) is 0 Å². The van der Waals surface area contributed by atoms with Crippen molar-refractivity contribution in [2.45, 2.75) is 0 Å². The Morgan fingerprint density at radius 3 is 2.61 bits per heavy atom. The zero-order valence-electron chi connectivity index (χ0n) is 14.2. The average molecular weight is 376 g/mol. The number of rotatable bonds is 5. The topological polar surface area (TPSA) is 124 Å². The van der Waals surface area contributed by atoms with Crippen LogP contribution < -0.4 is 5.32 Å². The van der Waals surface area contributed by atoms with Gasteiger partial charge in [-0.3, -0.25) is 14.9 Å². The lowest BCUT2D eigenvalue weighted by atomic mass is 10.1. The van der Waals surface area contributed by atoms with E-state index in [1.165, 1.54) is 30.5 Å². The normalized spacial score (nSPS) is 10.6. The van der Waals surface area contributed by atoms with Crippen molar-refractivity contribution in [3.05, 3.63) is 82.6 Å². The minimum Gasteiger partial charge on any atom is -0.459 e. The van der Waals surface area contributed by atoms with Gasteiger partial charge in [0.05, 0.1) is 11.2 Å². The second-order valence-electron chi connectivity index (χ2n) is 5.73. The first-order valence-corrected chi connectivity index (χ1v) is 8.14. The number of nitrogens with zero attached hydrogens (tertiary/aromatic N) is 3. The Morgan fingerprint density at radius 1 is 1.00 bits per heavy atom. The van der Waals surface area contributed by atoms with E-state index in [0.29, 0.717) is 17.0 Å². The van der Waals surface area contributed by atoms with Gasteiger partial charge < -0.3 is 14.2 Å². The first kappa shape index (κ1) is 17.2. The maximum atomic E-state index is 12.4. The zero-order chi connectivity index (χ0) is 19.5. The molecular weight excluding hydrogens is 364 g/mol. The minimum absolute atomic E-state index is 0.155. The summed E-state index contributed by atoms with van der Waals surface area (Å²) >= 11 is 0. The molecule has 2 heterocycles. The van der Waals surface area contributed by atoms with Gasteiger partial charge in [0.15, 0.2) is 5.76 Å². The number of nitro benzene ring substituents is 1. The van der Waals surface area contributed by atoms with Crippen molar-refractivity contribution in [3.8, 4) is 23.1 Å². The number of non-ortho nitro benzene ring substituents is 1. The molecule has 0 spiro atoms. The first-order chi connectivity index (χ1) is 13.6. The number of nitrogens with one attached hydrogen (secondary N) is 1. The van der Waals surface area contributed by atoms with E-state index in [-0.39, 0.29) is 23.0 Å². The summed E-state index contributed by atoms with van der Waals surface area (Å²) in [6.07, 6.45) is 1.50. The van der Waals surface area contributed by atoms with Crippen LogP contribution in [0, 0.1) is 10.1 Å². The van der Waals surface area contributed by atoms with Gasteiger partial charge in [0.1, 0.15) is 0 Å². The fraction of sp³-hybridized carbons (Fsp3) is 0. The Bertz CT molecular complexity index is 1150. The molecule has 9 nitrogen and oxygen atoms in total. The predicted octanol–water partition coefficient (Wildman–Crippen LogP) is 4.16. The molecular formula is C19H12N4O5. The molecule has 0 saturated heterocycles. The summed E-state index contributed by atoms with van der Waals surface area (Å²) < 4.78 is 10.8. The Hall–Kier alpha value is -4.27. The van der Waals surface area contributed by atoms with Gasteiger partial charge in [-0.2, -0.15) is 0 Å². The van der Waals surface area contributed by atoms with Crippen molar-refractivity contribution in [1.29, 1.82) is 0 Å². The molecule has 4 rings (SSSR count). The summed E-state index contributed by atoms with van der Waals surface area (Å²) in [5.74, 6) is 0.486. The second-order valence-corrected chi connectivity index (χ2v) is 5.73. The van der Waals surface area contributed by atoms with Crippen molar-refractivity contribution in [2.75, 3.05) is 5.32 Å². The summed E-state index contributed by atoms with van der Waals surface area (Å²) in [5.41, 5.74) is 1.10. The Labute approximate surface area is 157 Å². The molecule has 0 bridgehead atoms. The second kappa shape index (κ2) is 7.16. The maximum Gasteiger partial charge on any atom is 0.283 e. The van der Waals surface area contributed by atoms with E-state index < -0.39 is 10.8 Å². The molecule has 0 unspecified atom stereocenters. The van der Waals surface area contributed by atoms with Crippen molar-refractivity contribution in [3.63, 3.8) is 0 Å². The van der Waals surface area contributed by atoms with Gasteiger partial charge in [-0.05, 0) is 36.4 Å². The molecule has 2 aromatic heterocycles. The monoisotopic (exact) mass is 376 g/mol. The summed E-state index contributed by atoms with van der Waals surface area (Å²) in [7, 11) is 0. The highest BCUT2D eigenvalue weighted by atomic mass is 16.6. The van der Waals surface area contributed by atoms with E-state index in [0.717, 1.165) is 0 Å². The van der Waals surface area contributed by atoms with Crippen LogP contribution in [0.5, 0.6) is 0 Å². The lowest BCUT2D eigenvalue weighted by Gasteiger charge is -2.06. The largest absolute Gasteiger partial charge is 0.459 e. The van der Waals surface area contributed by atoms with Crippen LogP contribution in [0.25, 0.3) is 23.1 Å². The van der Waals surface area contributed by atoms with Crippen LogP contribution in [0.15, 0.2) is 75.8 Å². The van der Waals surface area contributed by atoms with Gasteiger partial charge in [0, 0.05) is 28.9 Å². The highest BCUT2D eigenvalue weighted by Crippen LogP contribution is 2.26. The summed E-state index contributed by atoms with van der Waals surface area (Å²) in [6, 6.07) is 15.7. The molecule has 1 amide bonds. The van der Waals surface area contributed by atoms with Gasteiger partial charge in [0.2, 0.25) is 5.89 Å². The number of carbonyl (C=O) groups excluding carboxylic acids is 1. The standard InChI is InChI=1S/C19H12N4O5/c24-17(12-4-2-7-15(11-12)23(25)26)20-14-6-1-5-13(10-14)18-21-22-19(28-18)16-8-3-9-27-16/h1-11H,(H,20,24). The number of furan rings is 1. The van der Waals surface area contributed by atoms with Crippen LogP contribution >= 0.6 is 0 Å². The van der Waals surface area contributed by atoms with Gasteiger partial charge in [-0.15, -0.1) is 10.2 Å². The molecule has 0 aliphatic carbocycles. The molecule has 0 radical (unpaired) electrons. The van der Waals surface area contributed by atoms with Crippen molar-refractivity contribution in [1.82, 2.24) is 10.2 Å². The molecule has 2 aromatic carbocycles. The number of amides is 1. The minimum atomic E-state index is -0.552. The Balaban J connectivity index is 1.55. The fourth-order valence-corrected chi connectivity index (χ4v) is 2.53. The molecule has 0 fully saturated rings. The molecule has 0 saturated carbocycles. The molecule has 0 aliphatic heterocycles. The third-order valence-electron chi connectivity index (χ3n) is 3.84. The van der Waals surface area contributed by atoms with Crippen LogP contribution in [0.1, 0.15) is 10.4 Å². The van der Waals surface area contributed by atoms with Crippen molar-refractivity contribution >= 4 is 17.3 Å². The SMILES string of the molecule is O=C(Nc1cccc(-c2nnc(-c3ccco3)o2)c1)c1cccc([N+](=O)[O-])c1. The van der Waals surface area contributed by atoms with Gasteiger partial charge in [-0.25, -0.2) is 0 Å². The molecule has 28 heavy (non-hydrogen) atoms. The lowest BCUT2D eigenvalue weighted by molar-refractivity contribution is -0.384. The molecule has 0 aliphatic rings. The highest BCUT2D eigenvalue weighted by Gasteiger charge is 2.14. The zero-order valence-corrected chi connectivity index (χ0v) is 14.2. The number of benzene rings is 2. The van der Waals surface area contributed by atoms with Crippen LogP contribution in [0.4, 0.5) is 11.4 Å². The first-order valence-electron chi connectivity index (χ1n) is 8.14. The summed E-state index contributed by atoms with van der Waals surface area (Å²) in [5, 5.41) is 21.5. The number of hydrogen-bond donors (Lipinski definition) is 1. The smallest absolute Gasteiger partial charge is 0.283 e. The van der Waals surface area contributed by atoms with Crippen LogP contribution in [0.2, 0.25) is 0 Å². The van der Waals surface area contributed by atoms with E-state index >= 15 is 0 Å². The fourth-order valence-electron chi connectivity index (χ4n) is 2.53. The quantitative estimate of drug-likeness (QED) is 0.409. The lowest BCUT2D eigenvalue weighted by Crippen LogP contribution is -2.12. The third kappa shape index (κ3) is 3.49. The molecule has 1 N–H and O–H groups in total. The van der Waals surface area contributed by atoms with Gasteiger partial charge in [0.25, 0.3) is 17.5 Å². The third-order valence-corrected chi connectivity index (χ3v) is 3.84. The Kier molecular flexibility index (Phi) is 4.38. The van der Waals surface area contributed by atoms with Crippen molar-refractivity contribution < 1.29 is 18.6 Å². The van der Waals surface area contributed by atoms with Crippen LogP contribution in [-0.4, -0.2) is 21.0 Å². The molecule has 0 atom stereocenters. The number of carbonyl (C=O) groups is 1. The van der Waals surface area contributed by atoms with E-state index in [1.807, 2.05) is 0 Å². The van der Waals surface area contributed by atoms with E-state index in [9.17, 15) is 14.9 Å². The van der Waals surface area contributed by atoms with E-state index in [4.69, 9.17) is 8.83 Å². The molecule has 4 aromatic rings. The molecule has 138 valence electrons. The number of aromatic nitrogens is 2. The van der Waals surface area contributed by atoms with Gasteiger partial charge >= 0.3 is 0 Å². The van der Waals surface area contributed by atoms with Gasteiger partial charge in [-0.1, -0.05) is 12.1 Å².